The Morgan fingerprint density at radius 2 is 1.84 bits per heavy atom. The summed E-state index contributed by atoms with van der Waals surface area (Å²) < 4.78 is 15.9. The van der Waals surface area contributed by atoms with Crippen LogP contribution in [0.25, 0.3) is 6.08 Å². The van der Waals surface area contributed by atoms with Gasteiger partial charge in [0.25, 0.3) is 5.91 Å². The van der Waals surface area contributed by atoms with Crippen LogP contribution in [0, 0.1) is 0 Å². The molecule has 2 aromatic rings. The second-order valence-corrected chi connectivity index (χ2v) is 7.76. The fourth-order valence-electron chi connectivity index (χ4n) is 3.81. The normalized spacial score (nSPS) is 17.0. The number of hydrogen-bond acceptors (Lipinski definition) is 5. The smallest absolute Gasteiger partial charge is 0.331 e. The number of carbonyl (C=O) groups is 2. The van der Waals surface area contributed by atoms with E-state index in [0.29, 0.717) is 24.6 Å². The number of piperazine rings is 1. The second-order valence-electron chi connectivity index (χ2n) is 7.76. The molecule has 2 heterocycles. The fourth-order valence-corrected chi connectivity index (χ4v) is 3.81. The van der Waals surface area contributed by atoms with Crippen molar-refractivity contribution in [2.45, 2.75) is 19.6 Å². The molecule has 0 unspecified atom stereocenters. The van der Waals surface area contributed by atoms with Gasteiger partial charge in [-0.05, 0) is 30.7 Å². The Kier molecular flexibility index (Phi) is 6.52. The highest BCUT2D eigenvalue weighted by Crippen LogP contribution is 2.32. The van der Waals surface area contributed by atoms with E-state index in [1.807, 2.05) is 24.3 Å². The van der Waals surface area contributed by atoms with Crippen LogP contribution in [0.3, 0.4) is 0 Å². The Hall–Kier alpha value is -3.32. The number of rotatable bonds is 6. The predicted molar refractivity (Wildman–Crippen MR) is 115 cm³/mol. The minimum atomic E-state index is -0.815. The van der Waals surface area contributed by atoms with Crippen LogP contribution in [-0.2, 0) is 20.9 Å². The predicted octanol–water partition coefficient (Wildman–Crippen LogP) is 1.29. The van der Waals surface area contributed by atoms with Crippen molar-refractivity contribution in [1.29, 1.82) is 0 Å². The Bertz CT molecular complexity index is 952. The van der Waals surface area contributed by atoms with Gasteiger partial charge in [-0.2, -0.15) is 0 Å². The third kappa shape index (κ3) is 5.44. The third-order valence-electron chi connectivity index (χ3n) is 5.53. The number of esters is 1. The first-order chi connectivity index (χ1) is 15.1. The van der Waals surface area contributed by atoms with E-state index in [9.17, 15) is 9.59 Å². The Morgan fingerprint density at radius 1 is 1.10 bits per heavy atom. The molecule has 0 aromatic heterocycles. The van der Waals surface area contributed by atoms with E-state index in [4.69, 9.17) is 14.2 Å². The van der Waals surface area contributed by atoms with E-state index in [1.54, 1.807) is 30.0 Å². The number of carbonyl (C=O) groups excluding carboxylic acids is 2. The van der Waals surface area contributed by atoms with Gasteiger partial charge in [-0.3, -0.25) is 4.79 Å². The van der Waals surface area contributed by atoms with Crippen LogP contribution in [0.15, 0.2) is 54.6 Å². The lowest BCUT2D eigenvalue weighted by Crippen LogP contribution is -3.13. The Morgan fingerprint density at radius 3 is 2.61 bits per heavy atom. The summed E-state index contributed by atoms with van der Waals surface area (Å²) in [6.07, 6.45) is 2.14. The van der Waals surface area contributed by atoms with Crippen LogP contribution < -0.4 is 14.4 Å². The zero-order chi connectivity index (χ0) is 21.6. The molecule has 1 atom stereocenters. The topological polar surface area (TPSA) is 69.5 Å². The highest BCUT2D eigenvalue weighted by molar-refractivity contribution is 5.90. The molecule has 31 heavy (non-hydrogen) atoms. The summed E-state index contributed by atoms with van der Waals surface area (Å²) in [5.74, 6) is 0.632. The second kappa shape index (κ2) is 9.66. The van der Waals surface area contributed by atoms with E-state index in [0.717, 1.165) is 25.2 Å². The molecule has 1 N–H and O–H groups in total. The molecule has 0 radical (unpaired) electrons. The fraction of sp³-hybridized carbons (Fsp3) is 0.333. The SMILES string of the molecule is C[C@H](OC(=O)/C=C/c1ccc2c(c1)OCO2)C(=O)N1CC[NH+](Cc2ccccc2)CC1. The summed E-state index contributed by atoms with van der Waals surface area (Å²) in [6.45, 7) is 5.87. The minimum Gasteiger partial charge on any atom is -0.454 e. The lowest BCUT2D eigenvalue weighted by Gasteiger charge is -2.33. The summed E-state index contributed by atoms with van der Waals surface area (Å²) in [4.78, 5) is 28.1. The van der Waals surface area contributed by atoms with Gasteiger partial charge in [-0.25, -0.2) is 4.79 Å². The molecule has 0 aliphatic carbocycles. The number of fused-ring (bicyclic) bond motifs is 1. The molecule has 1 saturated heterocycles. The number of benzene rings is 2. The summed E-state index contributed by atoms with van der Waals surface area (Å²) in [5, 5.41) is 0. The molecule has 7 heteroatoms. The lowest BCUT2D eigenvalue weighted by atomic mass is 10.2. The van der Waals surface area contributed by atoms with Gasteiger partial charge in [0, 0.05) is 11.6 Å². The molecule has 0 bridgehead atoms. The van der Waals surface area contributed by atoms with Crippen molar-refractivity contribution in [2.75, 3.05) is 33.0 Å². The van der Waals surface area contributed by atoms with E-state index in [2.05, 4.69) is 12.1 Å². The standard InChI is InChI=1S/C24H26N2O5/c1-18(31-23(27)10-8-19-7-9-21-22(15-19)30-17-29-21)24(28)26-13-11-25(12-14-26)16-20-5-3-2-4-6-20/h2-10,15,18H,11-14,16-17H2,1H3/p+1/b10-8+/t18-/m0/s1. The van der Waals surface area contributed by atoms with Crippen molar-refractivity contribution in [3.63, 3.8) is 0 Å². The Balaban J connectivity index is 1.23. The summed E-state index contributed by atoms with van der Waals surface area (Å²) in [6, 6.07) is 15.8. The average Bonchev–Trinajstić information content (AvgIpc) is 3.26. The summed E-state index contributed by atoms with van der Waals surface area (Å²) in [7, 11) is 0. The Labute approximate surface area is 181 Å². The molecule has 2 aliphatic heterocycles. The zero-order valence-corrected chi connectivity index (χ0v) is 17.6. The lowest BCUT2D eigenvalue weighted by molar-refractivity contribution is -0.917. The first-order valence-corrected chi connectivity index (χ1v) is 10.5. The van der Waals surface area contributed by atoms with Crippen LogP contribution in [0.2, 0.25) is 0 Å². The maximum absolute atomic E-state index is 12.7. The maximum atomic E-state index is 12.7. The largest absolute Gasteiger partial charge is 0.454 e. The highest BCUT2D eigenvalue weighted by Gasteiger charge is 2.28. The van der Waals surface area contributed by atoms with Crippen LogP contribution in [0.1, 0.15) is 18.1 Å². The van der Waals surface area contributed by atoms with Crippen molar-refractivity contribution in [3.05, 3.63) is 65.7 Å². The van der Waals surface area contributed by atoms with E-state index >= 15 is 0 Å². The van der Waals surface area contributed by atoms with Gasteiger partial charge in [0.05, 0.1) is 26.2 Å². The van der Waals surface area contributed by atoms with Gasteiger partial charge < -0.3 is 24.0 Å². The van der Waals surface area contributed by atoms with E-state index in [-0.39, 0.29) is 12.7 Å². The quantitative estimate of drug-likeness (QED) is 0.560. The van der Waals surface area contributed by atoms with Crippen molar-refractivity contribution in [2.24, 2.45) is 0 Å². The van der Waals surface area contributed by atoms with Gasteiger partial charge in [-0.15, -0.1) is 0 Å². The van der Waals surface area contributed by atoms with Crippen molar-refractivity contribution in [1.82, 2.24) is 4.90 Å². The molecule has 0 saturated carbocycles. The van der Waals surface area contributed by atoms with E-state index in [1.165, 1.54) is 16.5 Å². The number of nitrogens with zero attached hydrogens (tertiary/aromatic N) is 1. The van der Waals surface area contributed by atoms with Gasteiger partial charge in [0.2, 0.25) is 6.79 Å². The number of ether oxygens (including phenoxy) is 3. The molecule has 1 amide bonds. The van der Waals surface area contributed by atoms with Crippen LogP contribution >= 0.6 is 0 Å². The van der Waals surface area contributed by atoms with E-state index < -0.39 is 12.1 Å². The summed E-state index contributed by atoms with van der Waals surface area (Å²) in [5.41, 5.74) is 2.09. The molecule has 2 aliphatic rings. The number of quaternary nitrogens is 1. The van der Waals surface area contributed by atoms with Crippen LogP contribution in [0.4, 0.5) is 0 Å². The zero-order valence-electron chi connectivity index (χ0n) is 17.6. The first-order valence-electron chi connectivity index (χ1n) is 10.5. The maximum Gasteiger partial charge on any atom is 0.331 e. The molecule has 7 nitrogen and oxygen atoms in total. The summed E-state index contributed by atoms with van der Waals surface area (Å²) >= 11 is 0. The van der Waals surface area contributed by atoms with Gasteiger partial charge in [0.1, 0.15) is 6.54 Å². The van der Waals surface area contributed by atoms with Crippen LogP contribution in [0.5, 0.6) is 11.5 Å². The number of hydrogen-bond donors (Lipinski definition) is 1. The molecular weight excluding hydrogens is 396 g/mol. The molecule has 162 valence electrons. The van der Waals surface area contributed by atoms with Gasteiger partial charge in [0.15, 0.2) is 17.6 Å². The van der Waals surface area contributed by atoms with Crippen molar-refractivity contribution >= 4 is 18.0 Å². The number of nitrogens with one attached hydrogen (secondary N) is 1. The molecule has 1 fully saturated rings. The highest BCUT2D eigenvalue weighted by atomic mass is 16.7. The van der Waals surface area contributed by atoms with Crippen molar-refractivity contribution < 1.29 is 28.7 Å². The molecule has 2 aromatic carbocycles. The van der Waals surface area contributed by atoms with Gasteiger partial charge >= 0.3 is 5.97 Å². The first kappa shape index (κ1) is 20.9. The van der Waals surface area contributed by atoms with Gasteiger partial charge in [-0.1, -0.05) is 36.4 Å². The molecule has 0 spiro atoms. The third-order valence-corrected chi connectivity index (χ3v) is 5.53. The van der Waals surface area contributed by atoms with Crippen LogP contribution in [-0.4, -0.2) is 55.9 Å². The molecule has 4 rings (SSSR count). The van der Waals surface area contributed by atoms with Crippen molar-refractivity contribution in [3.8, 4) is 11.5 Å². The number of amides is 1. The monoisotopic (exact) mass is 423 g/mol. The molecular formula is C24H27N2O5+. The minimum absolute atomic E-state index is 0.149. The average molecular weight is 423 g/mol.